The van der Waals surface area contributed by atoms with E-state index in [1.807, 2.05) is 18.9 Å². The lowest BCUT2D eigenvalue weighted by Crippen LogP contribution is -2.33. The minimum absolute atomic E-state index is 0.0174. The highest BCUT2D eigenvalue weighted by molar-refractivity contribution is 5.92. The molecule has 1 saturated heterocycles. The van der Waals surface area contributed by atoms with Gasteiger partial charge in [-0.25, -0.2) is 0 Å². The Kier molecular flexibility index (Phi) is 2.96. The van der Waals surface area contributed by atoms with Gasteiger partial charge in [-0.1, -0.05) is 0 Å². The minimum atomic E-state index is 0.0174. The smallest absolute Gasteiger partial charge is 0.274 e. The van der Waals surface area contributed by atoms with Crippen LogP contribution in [0.15, 0.2) is 12.3 Å². The molecule has 2 rings (SSSR count). The lowest BCUT2D eigenvalue weighted by molar-refractivity contribution is 0.0779. The van der Waals surface area contributed by atoms with Gasteiger partial charge in [0.1, 0.15) is 5.69 Å². The van der Waals surface area contributed by atoms with Gasteiger partial charge in [0.15, 0.2) is 0 Å². The zero-order valence-electron chi connectivity index (χ0n) is 9.76. The third-order valence-electron chi connectivity index (χ3n) is 3.19. The zero-order chi connectivity index (χ0) is 11.7. The summed E-state index contributed by atoms with van der Waals surface area (Å²) in [6.45, 7) is 3.55. The molecule has 2 atom stereocenters. The first-order valence-electron chi connectivity index (χ1n) is 5.62. The van der Waals surface area contributed by atoms with E-state index in [0.717, 1.165) is 19.5 Å². The van der Waals surface area contributed by atoms with Crippen LogP contribution in [0.2, 0.25) is 0 Å². The monoisotopic (exact) mass is 222 g/mol. The number of aryl methyl sites for hydroxylation is 1. The second-order valence-electron chi connectivity index (χ2n) is 4.53. The van der Waals surface area contributed by atoms with Crippen molar-refractivity contribution in [2.75, 3.05) is 13.1 Å². The summed E-state index contributed by atoms with van der Waals surface area (Å²) in [4.78, 5) is 13.9. The van der Waals surface area contributed by atoms with Crippen molar-refractivity contribution in [1.29, 1.82) is 0 Å². The highest BCUT2D eigenvalue weighted by Crippen LogP contribution is 2.20. The molecule has 0 spiro atoms. The molecule has 1 aliphatic rings. The average Bonchev–Trinajstić information content (AvgIpc) is 2.84. The lowest BCUT2D eigenvalue weighted by atomic mass is 10.0. The van der Waals surface area contributed by atoms with Crippen molar-refractivity contribution in [2.45, 2.75) is 19.4 Å². The zero-order valence-corrected chi connectivity index (χ0v) is 9.76. The van der Waals surface area contributed by atoms with Crippen molar-refractivity contribution in [3.8, 4) is 0 Å². The van der Waals surface area contributed by atoms with Crippen molar-refractivity contribution in [1.82, 2.24) is 14.7 Å². The van der Waals surface area contributed by atoms with Crippen LogP contribution >= 0.6 is 0 Å². The Hall–Kier alpha value is -1.36. The highest BCUT2D eigenvalue weighted by atomic mass is 16.2. The molecule has 0 aromatic carbocycles. The first-order chi connectivity index (χ1) is 7.58. The Morgan fingerprint density at radius 1 is 1.69 bits per heavy atom. The maximum absolute atomic E-state index is 12.0. The molecule has 5 heteroatoms. The molecule has 1 amide bonds. The van der Waals surface area contributed by atoms with Gasteiger partial charge in [0, 0.05) is 32.4 Å². The molecule has 1 aliphatic heterocycles. The third-order valence-corrected chi connectivity index (χ3v) is 3.19. The molecule has 0 saturated carbocycles. The third kappa shape index (κ3) is 2.09. The molecule has 2 N–H and O–H groups in total. The van der Waals surface area contributed by atoms with Crippen LogP contribution in [-0.4, -0.2) is 39.7 Å². The van der Waals surface area contributed by atoms with Gasteiger partial charge in [-0.15, -0.1) is 0 Å². The second-order valence-corrected chi connectivity index (χ2v) is 4.53. The van der Waals surface area contributed by atoms with Gasteiger partial charge < -0.3 is 10.6 Å². The molecule has 1 aromatic heterocycles. The maximum atomic E-state index is 12.0. The molecule has 88 valence electrons. The van der Waals surface area contributed by atoms with Crippen LogP contribution in [0, 0.1) is 5.92 Å². The normalized spacial score (nSPS) is 22.4. The first-order valence-corrected chi connectivity index (χ1v) is 5.62. The number of hydrogen-bond acceptors (Lipinski definition) is 3. The number of aromatic nitrogens is 2. The molecule has 16 heavy (non-hydrogen) atoms. The molecule has 2 unspecified atom stereocenters. The van der Waals surface area contributed by atoms with Crippen molar-refractivity contribution in [2.24, 2.45) is 18.7 Å². The minimum Gasteiger partial charge on any atom is -0.337 e. The molecule has 0 radical (unpaired) electrons. The predicted molar refractivity (Wildman–Crippen MR) is 60.9 cm³/mol. The van der Waals surface area contributed by atoms with E-state index in [4.69, 9.17) is 5.73 Å². The molecule has 1 fully saturated rings. The molecular weight excluding hydrogens is 204 g/mol. The fourth-order valence-corrected chi connectivity index (χ4v) is 2.09. The maximum Gasteiger partial charge on any atom is 0.274 e. The van der Waals surface area contributed by atoms with E-state index in [1.165, 1.54) is 0 Å². The molecule has 5 nitrogen and oxygen atoms in total. The van der Waals surface area contributed by atoms with Crippen LogP contribution in [-0.2, 0) is 7.05 Å². The van der Waals surface area contributed by atoms with Gasteiger partial charge >= 0.3 is 0 Å². The van der Waals surface area contributed by atoms with Crippen LogP contribution in [0.3, 0.4) is 0 Å². The number of carbonyl (C=O) groups is 1. The number of rotatable bonds is 2. The summed E-state index contributed by atoms with van der Waals surface area (Å²) in [6, 6.07) is 1.91. The topological polar surface area (TPSA) is 64.2 Å². The van der Waals surface area contributed by atoms with Crippen LogP contribution in [0.4, 0.5) is 0 Å². The molecular formula is C11H18N4O. The van der Waals surface area contributed by atoms with Gasteiger partial charge in [0.05, 0.1) is 0 Å². The Morgan fingerprint density at radius 3 is 2.94 bits per heavy atom. The summed E-state index contributed by atoms with van der Waals surface area (Å²) in [5, 5.41) is 4.12. The Bertz CT molecular complexity index is 385. The van der Waals surface area contributed by atoms with E-state index in [2.05, 4.69) is 5.10 Å². The van der Waals surface area contributed by atoms with Gasteiger partial charge in [-0.3, -0.25) is 9.48 Å². The summed E-state index contributed by atoms with van der Waals surface area (Å²) in [5.41, 5.74) is 6.37. The summed E-state index contributed by atoms with van der Waals surface area (Å²) < 4.78 is 1.65. The van der Waals surface area contributed by atoms with E-state index in [9.17, 15) is 4.79 Å². The number of likely N-dealkylation sites (tertiary alicyclic amines) is 1. The fraction of sp³-hybridized carbons (Fsp3) is 0.636. The van der Waals surface area contributed by atoms with E-state index in [0.29, 0.717) is 11.6 Å². The van der Waals surface area contributed by atoms with Crippen LogP contribution in [0.1, 0.15) is 23.8 Å². The van der Waals surface area contributed by atoms with E-state index in [-0.39, 0.29) is 11.9 Å². The molecule has 0 aliphatic carbocycles. The quantitative estimate of drug-likeness (QED) is 0.779. The average molecular weight is 222 g/mol. The number of nitrogens with zero attached hydrogens (tertiary/aromatic N) is 3. The number of carbonyl (C=O) groups excluding carboxylic acids is 1. The number of amides is 1. The lowest BCUT2D eigenvalue weighted by Gasteiger charge is -2.16. The predicted octanol–water partition coefficient (Wildman–Crippen LogP) is 0.229. The highest BCUT2D eigenvalue weighted by Gasteiger charge is 2.29. The number of hydrogen-bond donors (Lipinski definition) is 1. The first kappa shape index (κ1) is 11.1. The Balaban J connectivity index is 2.02. The van der Waals surface area contributed by atoms with E-state index >= 15 is 0 Å². The summed E-state index contributed by atoms with van der Waals surface area (Å²) in [6.07, 6.45) is 2.78. The van der Waals surface area contributed by atoms with Gasteiger partial charge in [0.2, 0.25) is 0 Å². The Morgan fingerprint density at radius 2 is 2.44 bits per heavy atom. The fourth-order valence-electron chi connectivity index (χ4n) is 2.09. The summed E-state index contributed by atoms with van der Waals surface area (Å²) >= 11 is 0. The van der Waals surface area contributed by atoms with Gasteiger partial charge in [-0.05, 0) is 25.3 Å². The van der Waals surface area contributed by atoms with E-state index in [1.54, 1.807) is 16.9 Å². The van der Waals surface area contributed by atoms with Crippen LogP contribution < -0.4 is 5.73 Å². The van der Waals surface area contributed by atoms with Gasteiger partial charge in [-0.2, -0.15) is 5.10 Å². The SMILES string of the molecule is CC(N)C1CCN(C(=O)c2ccn(C)n2)C1. The van der Waals surface area contributed by atoms with E-state index < -0.39 is 0 Å². The second kappa shape index (κ2) is 4.25. The van der Waals surface area contributed by atoms with Crippen LogP contribution in [0.25, 0.3) is 0 Å². The summed E-state index contributed by atoms with van der Waals surface area (Å²) in [7, 11) is 1.81. The van der Waals surface area contributed by atoms with Crippen molar-refractivity contribution in [3.05, 3.63) is 18.0 Å². The largest absolute Gasteiger partial charge is 0.337 e. The molecule has 2 heterocycles. The molecule has 1 aromatic rings. The van der Waals surface area contributed by atoms with Crippen LogP contribution in [0.5, 0.6) is 0 Å². The number of nitrogens with two attached hydrogens (primary N) is 1. The molecule has 0 bridgehead atoms. The standard InChI is InChI=1S/C11H18N4O/c1-8(12)9-3-6-15(7-9)11(16)10-4-5-14(2)13-10/h4-5,8-9H,3,6-7,12H2,1-2H3. The van der Waals surface area contributed by atoms with Crippen molar-refractivity contribution < 1.29 is 4.79 Å². The summed E-state index contributed by atoms with van der Waals surface area (Å²) in [5.74, 6) is 0.441. The van der Waals surface area contributed by atoms with Gasteiger partial charge in [0.25, 0.3) is 5.91 Å². The van der Waals surface area contributed by atoms with Crippen molar-refractivity contribution in [3.63, 3.8) is 0 Å². The van der Waals surface area contributed by atoms with Crippen molar-refractivity contribution >= 4 is 5.91 Å². The Labute approximate surface area is 95.2 Å².